The lowest BCUT2D eigenvalue weighted by Gasteiger charge is -2.26. The van der Waals surface area contributed by atoms with Crippen LogP contribution in [0.5, 0.6) is 11.5 Å². The molecule has 0 radical (unpaired) electrons. The minimum Gasteiger partial charge on any atom is -0.493 e. The van der Waals surface area contributed by atoms with Crippen molar-refractivity contribution >= 4 is 0 Å². The van der Waals surface area contributed by atoms with Crippen molar-refractivity contribution < 1.29 is 19.3 Å². The molecular weight excluding hydrogens is 306 g/mol. The first kappa shape index (κ1) is 20.7. The molecule has 0 saturated carbocycles. The first-order chi connectivity index (χ1) is 11.5. The number of rotatable bonds is 12. The third-order valence-corrected chi connectivity index (χ3v) is 3.65. The third-order valence-electron chi connectivity index (χ3n) is 3.65. The van der Waals surface area contributed by atoms with Gasteiger partial charge in [0.15, 0.2) is 11.5 Å². The second kappa shape index (κ2) is 11.3. The van der Waals surface area contributed by atoms with E-state index in [1.165, 1.54) is 0 Å². The van der Waals surface area contributed by atoms with Crippen LogP contribution >= 0.6 is 0 Å². The lowest BCUT2D eigenvalue weighted by Crippen LogP contribution is -2.35. The molecule has 24 heavy (non-hydrogen) atoms. The number of aliphatic hydroxyl groups excluding tert-OH is 1. The number of nitrogens with zero attached hydrogens (tertiary/aromatic N) is 1. The van der Waals surface area contributed by atoms with E-state index in [-0.39, 0.29) is 0 Å². The highest BCUT2D eigenvalue weighted by Crippen LogP contribution is 2.31. The summed E-state index contributed by atoms with van der Waals surface area (Å²) in [5, 5.41) is 10.2. The van der Waals surface area contributed by atoms with E-state index in [4.69, 9.17) is 14.2 Å². The number of benzene rings is 1. The highest BCUT2D eigenvalue weighted by Gasteiger charge is 2.16. The van der Waals surface area contributed by atoms with Crippen LogP contribution in [0.3, 0.4) is 0 Å². The molecular formula is C19H33NO4. The molecule has 1 aromatic rings. The van der Waals surface area contributed by atoms with E-state index in [2.05, 4.69) is 25.7 Å². The predicted molar refractivity (Wildman–Crippen MR) is 96.8 cm³/mol. The molecule has 0 saturated heterocycles. The Labute approximate surface area is 146 Å². The highest BCUT2D eigenvalue weighted by molar-refractivity contribution is 5.46. The summed E-state index contributed by atoms with van der Waals surface area (Å²) in [5.74, 6) is 1.96. The molecule has 0 aliphatic carbocycles. The molecule has 1 atom stereocenters. The molecule has 0 spiro atoms. The zero-order chi connectivity index (χ0) is 17.9. The fourth-order valence-electron chi connectivity index (χ4n) is 2.66. The van der Waals surface area contributed by atoms with Crippen LogP contribution in [0, 0.1) is 5.92 Å². The first-order valence-electron chi connectivity index (χ1n) is 8.69. The summed E-state index contributed by atoms with van der Waals surface area (Å²) in [5.41, 5.74) is 1.06. The second-order valence-corrected chi connectivity index (χ2v) is 6.47. The zero-order valence-electron chi connectivity index (χ0n) is 15.7. The van der Waals surface area contributed by atoms with Crippen molar-refractivity contribution in [2.24, 2.45) is 5.92 Å². The van der Waals surface area contributed by atoms with Crippen molar-refractivity contribution in [3.8, 4) is 11.5 Å². The van der Waals surface area contributed by atoms with Crippen molar-refractivity contribution in [1.29, 1.82) is 0 Å². The second-order valence-electron chi connectivity index (χ2n) is 6.47. The van der Waals surface area contributed by atoms with E-state index in [1.54, 1.807) is 14.2 Å². The van der Waals surface area contributed by atoms with Crippen LogP contribution in [-0.4, -0.2) is 56.6 Å². The minimum absolute atomic E-state index is 0.369. The fourth-order valence-corrected chi connectivity index (χ4v) is 2.66. The maximum atomic E-state index is 10.2. The van der Waals surface area contributed by atoms with E-state index >= 15 is 0 Å². The molecule has 0 unspecified atom stereocenters. The number of hydrogen-bond acceptors (Lipinski definition) is 5. The molecule has 5 heteroatoms. The van der Waals surface area contributed by atoms with Crippen molar-refractivity contribution in [3.05, 3.63) is 23.8 Å². The largest absolute Gasteiger partial charge is 0.493 e. The molecule has 1 rings (SSSR count). The Kier molecular flexibility index (Phi) is 9.76. The van der Waals surface area contributed by atoms with Gasteiger partial charge in [-0.1, -0.05) is 32.9 Å². The van der Waals surface area contributed by atoms with Gasteiger partial charge in [0.2, 0.25) is 0 Å². The SMILES string of the molecule is CCCN(Cc1cccc(OC)c1OC)C[C@H](O)COCC(C)C. The summed E-state index contributed by atoms with van der Waals surface area (Å²) in [6.07, 6.45) is 0.526. The van der Waals surface area contributed by atoms with Crippen LogP contribution in [0.1, 0.15) is 32.8 Å². The molecule has 0 heterocycles. The van der Waals surface area contributed by atoms with E-state index in [9.17, 15) is 5.11 Å². The molecule has 0 bridgehead atoms. The van der Waals surface area contributed by atoms with Gasteiger partial charge in [0.25, 0.3) is 0 Å². The predicted octanol–water partition coefficient (Wildman–Crippen LogP) is 2.95. The molecule has 5 nitrogen and oxygen atoms in total. The third kappa shape index (κ3) is 7.07. The fraction of sp³-hybridized carbons (Fsp3) is 0.684. The number of para-hydroxylation sites is 1. The van der Waals surface area contributed by atoms with Crippen molar-refractivity contribution in [3.63, 3.8) is 0 Å². The Morgan fingerprint density at radius 2 is 1.88 bits per heavy atom. The molecule has 1 aromatic carbocycles. The normalized spacial score (nSPS) is 12.7. The summed E-state index contributed by atoms with van der Waals surface area (Å²) in [7, 11) is 3.29. The van der Waals surface area contributed by atoms with Crippen LogP contribution in [0.25, 0.3) is 0 Å². The highest BCUT2D eigenvalue weighted by atomic mass is 16.5. The van der Waals surface area contributed by atoms with Gasteiger partial charge in [0.05, 0.1) is 26.9 Å². The van der Waals surface area contributed by atoms with Crippen LogP contribution in [0.15, 0.2) is 18.2 Å². The topological polar surface area (TPSA) is 51.2 Å². The Morgan fingerprint density at radius 3 is 2.46 bits per heavy atom. The Balaban J connectivity index is 2.69. The van der Waals surface area contributed by atoms with Gasteiger partial charge >= 0.3 is 0 Å². The smallest absolute Gasteiger partial charge is 0.165 e. The molecule has 1 N–H and O–H groups in total. The summed E-state index contributed by atoms with van der Waals surface area (Å²) in [4.78, 5) is 2.22. The van der Waals surface area contributed by atoms with Gasteiger partial charge in [-0.3, -0.25) is 4.90 Å². The van der Waals surface area contributed by atoms with E-state index < -0.39 is 6.10 Å². The Hall–Kier alpha value is -1.30. The van der Waals surface area contributed by atoms with Gasteiger partial charge in [-0.25, -0.2) is 0 Å². The van der Waals surface area contributed by atoms with Crippen LogP contribution in [0.4, 0.5) is 0 Å². The van der Waals surface area contributed by atoms with Crippen molar-refractivity contribution in [2.75, 3.05) is 40.5 Å². The summed E-state index contributed by atoms with van der Waals surface area (Å²) in [6, 6.07) is 5.88. The van der Waals surface area contributed by atoms with Crippen LogP contribution in [-0.2, 0) is 11.3 Å². The molecule has 0 aromatic heterocycles. The first-order valence-corrected chi connectivity index (χ1v) is 8.69. The average Bonchev–Trinajstić information content (AvgIpc) is 2.54. The van der Waals surface area contributed by atoms with Gasteiger partial charge in [0, 0.05) is 25.3 Å². The van der Waals surface area contributed by atoms with Crippen LogP contribution < -0.4 is 9.47 Å². The van der Waals surface area contributed by atoms with E-state index in [0.29, 0.717) is 32.2 Å². The zero-order valence-corrected chi connectivity index (χ0v) is 15.7. The molecule has 0 fully saturated rings. The Bertz CT molecular complexity index is 465. The maximum absolute atomic E-state index is 10.2. The van der Waals surface area contributed by atoms with Crippen molar-refractivity contribution in [2.45, 2.75) is 39.8 Å². The lowest BCUT2D eigenvalue weighted by atomic mass is 10.1. The van der Waals surface area contributed by atoms with Gasteiger partial charge in [-0.2, -0.15) is 0 Å². The number of hydrogen-bond donors (Lipinski definition) is 1. The molecule has 138 valence electrons. The lowest BCUT2D eigenvalue weighted by molar-refractivity contribution is 0.00682. The molecule has 0 aliphatic heterocycles. The number of ether oxygens (including phenoxy) is 3. The van der Waals surface area contributed by atoms with E-state index in [0.717, 1.165) is 30.0 Å². The summed E-state index contributed by atoms with van der Waals surface area (Å²) >= 11 is 0. The van der Waals surface area contributed by atoms with Crippen molar-refractivity contribution in [1.82, 2.24) is 4.90 Å². The van der Waals surface area contributed by atoms with E-state index in [1.807, 2.05) is 18.2 Å². The molecule has 0 aliphatic rings. The summed E-state index contributed by atoms with van der Waals surface area (Å²) < 4.78 is 16.4. The average molecular weight is 339 g/mol. The van der Waals surface area contributed by atoms with Gasteiger partial charge in [0.1, 0.15) is 0 Å². The summed E-state index contributed by atoms with van der Waals surface area (Å²) in [6.45, 7) is 9.57. The van der Waals surface area contributed by atoms with Gasteiger partial charge < -0.3 is 19.3 Å². The standard InChI is InChI=1S/C19H33NO4/c1-6-10-20(12-17(21)14-24-13-15(2)3)11-16-8-7-9-18(22-4)19(16)23-5/h7-9,15,17,21H,6,10-14H2,1-5H3/t17-/m0/s1. The maximum Gasteiger partial charge on any atom is 0.165 e. The molecule has 0 amide bonds. The number of methoxy groups -OCH3 is 2. The number of aliphatic hydroxyl groups is 1. The Morgan fingerprint density at radius 1 is 1.12 bits per heavy atom. The monoisotopic (exact) mass is 339 g/mol. The van der Waals surface area contributed by atoms with Gasteiger partial charge in [-0.15, -0.1) is 0 Å². The quantitative estimate of drug-likeness (QED) is 0.634. The minimum atomic E-state index is -0.494. The van der Waals surface area contributed by atoms with Crippen LogP contribution in [0.2, 0.25) is 0 Å². The van der Waals surface area contributed by atoms with Gasteiger partial charge in [-0.05, 0) is 24.9 Å².